The summed E-state index contributed by atoms with van der Waals surface area (Å²) >= 11 is 1.68. The molecule has 1 aliphatic heterocycles. The highest BCUT2D eigenvalue weighted by atomic mass is 32.2. The standard InChI is InChI=1S/C17H16O2S/c1-2-12-7-9-13(10-8-12)17(18)15-11-20-16-6-4-3-5-14(16)19-15/h3-10,15H,2,11H2,1H3. The zero-order valence-corrected chi connectivity index (χ0v) is 12.2. The number of rotatable bonds is 3. The van der Waals surface area contributed by atoms with Crippen molar-refractivity contribution in [1.82, 2.24) is 0 Å². The van der Waals surface area contributed by atoms with Crippen LogP contribution in [0.15, 0.2) is 53.4 Å². The molecule has 0 bridgehead atoms. The topological polar surface area (TPSA) is 26.3 Å². The third kappa shape index (κ3) is 2.59. The van der Waals surface area contributed by atoms with E-state index in [0.717, 1.165) is 22.6 Å². The van der Waals surface area contributed by atoms with Gasteiger partial charge in [-0.15, -0.1) is 11.8 Å². The van der Waals surface area contributed by atoms with Crippen LogP contribution in [0.25, 0.3) is 0 Å². The van der Waals surface area contributed by atoms with Crippen LogP contribution >= 0.6 is 11.8 Å². The van der Waals surface area contributed by atoms with Gasteiger partial charge in [0, 0.05) is 16.2 Å². The van der Waals surface area contributed by atoms with Crippen molar-refractivity contribution in [3.8, 4) is 5.75 Å². The summed E-state index contributed by atoms with van der Waals surface area (Å²) < 4.78 is 5.83. The highest BCUT2D eigenvalue weighted by Gasteiger charge is 2.27. The van der Waals surface area contributed by atoms with Gasteiger partial charge in [0.15, 0.2) is 6.10 Å². The van der Waals surface area contributed by atoms with Gasteiger partial charge in [-0.1, -0.05) is 43.3 Å². The van der Waals surface area contributed by atoms with Gasteiger partial charge in [0.25, 0.3) is 0 Å². The summed E-state index contributed by atoms with van der Waals surface area (Å²) in [5.41, 5.74) is 1.97. The summed E-state index contributed by atoms with van der Waals surface area (Å²) in [4.78, 5) is 13.6. The first-order valence-electron chi connectivity index (χ1n) is 6.79. The van der Waals surface area contributed by atoms with E-state index in [9.17, 15) is 4.79 Å². The van der Waals surface area contributed by atoms with Crippen molar-refractivity contribution in [1.29, 1.82) is 0 Å². The fourth-order valence-electron chi connectivity index (χ4n) is 2.24. The molecule has 0 aromatic heterocycles. The summed E-state index contributed by atoms with van der Waals surface area (Å²) in [6.07, 6.45) is 0.597. The summed E-state index contributed by atoms with van der Waals surface area (Å²) in [5.74, 6) is 1.55. The lowest BCUT2D eigenvalue weighted by atomic mass is 10.0. The second-order valence-corrected chi connectivity index (χ2v) is 5.84. The van der Waals surface area contributed by atoms with E-state index in [2.05, 4.69) is 6.92 Å². The van der Waals surface area contributed by atoms with Crippen LogP contribution in [0, 0.1) is 0 Å². The fourth-order valence-corrected chi connectivity index (χ4v) is 3.22. The number of thioether (sulfide) groups is 1. The predicted octanol–water partition coefficient (Wildman–Crippen LogP) is 3.99. The molecule has 2 nitrogen and oxygen atoms in total. The molecule has 0 aliphatic carbocycles. The van der Waals surface area contributed by atoms with Crippen LogP contribution in [0.4, 0.5) is 0 Å². The number of benzene rings is 2. The van der Waals surface area contributed by atoms with Crippen molar-refractivity contribution in [2.45, 2.75) is 24.3 Å². The SMILES string of the molecule is CCc1ccc(C(=O)C2CSc3ccccc3O2)cc1. The minimum Gasteiger partial charge on any atom is -0.480 e. The van der Waals surface area contributed by atoms with Gasteiger partial charge < -0.3 is 4.74 Å². The Bertz CT molecular complexity index is 619. The van der Waals surface area contributed by atoms with Crippen LogP contribution in [0.3, 0.4) is 0 Å². The first-order chi connectivity index (χ1) is 9.78. The summed E-state index contributed by atoms with van der Waals surface area (Å²) in [5, 5.41) is 0. The predicted molar refractivity (Wildman–Crippen MR) is 81.7 cm³/mol. The van der Waals surface area contributed by atoms with E-state index < -0.39 is 0 Å². The maximum Gasteiger partial charge on any atom is 0.204 e. The number of carbonyl (C=O) groups excluding carboxylic acids is 1. The van der Waals surface area contributed by atoms with Crippen LogP contribution in [-0.2, 0) is 6.42 Å². The Kier molecular flexibility index (Phi) is 3.79. The Morgan fingerprint density at radius 2 is 1.95 bits per heavy atom. The van der Waals surface area contributed by atoms with Crippen LogP contribution in [-0.4, -0.2) is 17.6 Å². The number of hydrogen-bond acceptors (Lipinski definition) is 3. The average molecular weight is 284 g/mol. The number of ketones is 1. The van der Waals surface area contributed by atoms with E-state index in [4.69, 9.17) is 4.74 Å². The molecule has 0 spiro atoms. The summed E-state index contributed by atoms with van der Waals surface area (Å²) in [7, 11) is 0. The number of aryl methyl sites for hydroxylation is 1. The molecule has 3 rings (SSSR count). The van der Waals surface area contributed by atoms with Gasteiger partial charge in [-0.2, -0.15) is 0 Å². The van der Waals surface area contributed by atoms with Gasteiger partial charge in [-0.3, -0.25) is 4.79 Å². The Morgan fingerprint density at radius 3 is 2.70 bits per heavy atom. The smallest absolute Gasteiger partial charge is 0.204 e. The normalized spacial score (nSPS) is 17.1. The van der Waals surface area contributed by atoms with Gasteiger partial charge in [0.05, 0.1) is 0 Å². The molecule has 0 saturated heterocycles. The highest BCUT2D eigenvalue weighted by Crippen LogP contribution is 2.35. The molecular weight excluding hydrogens is 268 g/mol. The number of fused-ring (bicyclic) bond motifs is 1. The molecule has 0 fully saturated rings. The van der Waals surface area contributed by atoms with Crippen molar-refractivity contribution in [3.05, 3.63) is 59.7 Å². The third-order valence-corrected chi connectivity index (χ3v) is 4.57. The second kappa shape index (κ2) is 5.71. The lowest BCUT2D eigenvalue weighted by Crippen LogP contribution is -2.32. The van der Waals surface area contributed by atoms with Gasteiger partial charge in [-0.05, 0) is 24.1 Å². The number of ether oxygens (including phenoxy) is 1. The van der Waals surface area contributed by atoms with E-state index in [0.29, 0.717) is 5.75 Å². The second-order valence-electron chi connectivity index (χ2n) is 4.78. The minimum atomic E-state index is -0.387. The van der Waals surface area contributed by atoms with Gasteiger partial charge in [0.2, 0.25) is 5.78 Å². The van der Waals surface area contributed by atoms with Crippen LogP contribution in [0.1, 0.15) is 22.8 Å². The lowest BCUT2D eigenvalue weighted by molar-refractivity contribution is 0.0815. The zero-order chi connectivity index (χ0) is 13.9. The molecule has 1 unspecified atom stereocenters. The third-order valence-electron chi connectivity index (χ3n) is 3.45. The first kappa shape index (κ1) is 13.3. The van der Waals surface area contributed by atoms with E-state index >= 15 is 0 Å². The molecule has 1 atom stereocenters. The largest absolute Gasteiger partial charge is 0.480 e. The van der Waals surface area contributed by atoms with Crippen molar-refractivity contribution in [3.63, 3.8) is 0 Å². The molecule has 2 aromatic carbocycles. The highest BCUT2D eigenvalue weighted by molar-refractivity contribution is 7.99. The van der Waals surface area contributed by atoms with Crippen molar-refractivity contribution in [2.75, 3.05) is 5.75 Å². The zero-order valence-electron chi connectivity index (χ0n) is 11.3. The molecular formula is C17H16O2S. The summed E-state index contributed by atoms with van der Waals surface area (Å²) in [6.45, 7) is 2.11. The summed E-state index contributed by atoms with van der Waals surface area (Å²) in [6, 6.07) is 15.7. The van der Waals surface area contributed by atoms with Crippen molar-refractivity contribution in [2.24, 2.45) is 0 Å². The molecule has 0 radical (unpaired) electrons. The van der Waals surface area contributed by atoms with E-state index in [1.807, 2.05) is 48.5 Å². The number of Topliss-reactive ketones (excluding diaryl/α,β-unsaturated/α-hetero) is 1. The Labute approximate surface area is 123 Å². The monoisotopic (exact) mass is 284 g/mol. The molecule has 20 heavy (non-hydrogen) atoms. The number of hydrogen-bond donors (Lipinski definition) is 0. The van der Waals surface area contributed by atoms with Crippen LogP contribution in [0.5, 0.6) is 5.75 Å². The lowest BCUT2D eigenvalue weighted by Gasteiger charge is -2.24. The van der Waals surface area contributed by atoms with E-state index in [1.165, 1.54) is 5.56 Å². The molecule has 0 N–H and O–H groups in total. The fraction of sp³-hybridized carbons (Fsp3) is 0.235. The molecule has 0 amide bonds. The maximum absolute atomic E-state index is 12.5. The maximum atomic E-state index is 12.5. The van der Waals surface area contributed by atoms with Crippen LogP contribution in [0.2, 0.25) is 0 Å². The van der Waals surface area contributed by atoms with E-state index in [-0.39, 0.29) is 11.9 Å². The quantitative estimate of drug-likeness (QED) is 0.797. The van der Waals surface area contributed by atoms with Gasteiger partial charge >= 0.3 is 0 Å². The molecule has 0 saturated carbocycles. The molecule has 1 heterocycles. The molecule has 102 valence electrons. The number of para-hydroxylation sites is 1. The minimum absolute atomic E-state index is 0.0645. The van der Waals surface area contributed by atoms with Gasteiger partial charge in [-0.25, -0.2) is 0 Å². The Morgan fingerprint density at radius 1 is 1.20 bits per heavy atom. The molecule has 2 aromatic rings. The van der Waals surface area contributed by atoms with Crippen molar-refractivity contribution < 1.29 is 9.53 Å². The Hall–Kier alpha value is -1.74. The average Bonchev–Trinajstić information content (AvgIpc) is 2.54. The van der Waals surface area contributed by atoms with Crippen LogP contribution < -0.4 is 4.74 Å². The molecule has 1 aliphatic rings. The van der Waals surface area contributed by atoms with E-state index in [1.54, 1.807) is 11.8 Å². The number of carbonyl (C=O) groups is 1. The Balaban J connectivity index is 1.78. The molecule has 3 heteroatoms. The first-order valence-corrected chi connectivity index (χ1v) is 7.78. The van der Waals surface area contributed by atoms with Gasteiger partial charge in [0.1, 0.15) is 5.75 Å². The van der Waals surface area contributed by atoms with Crippen molar-refractivity contribution >= 4 is 17.5 Å².